The lowest BCUT2D eigenvalue weighted by Crippen LogP contribution is -2.46. The van der Waals surface area contributed by atoms with E-state index in [2.05, 4.69) is 15.0 Å². The van der Waals surface area contributed by atoms with Gasteiger partial charge in [-0.2, -0.15) is 0 Å². The van der Waals surface area contributed by atoms with Crippen LogP contribution >= 0.6 is 0 Å². The molecule has 4 rings (SSSR count). The Hall–Kier alpha value is -4.39. The molecule has 0 atom stereocenters. The minimum absolute atomic E-state index is 0.0505. The van der Waals surface area contributed by atoms with Crippen LogP contribution in [0.1, 0.15) is 27.2 Å². The summed E-state index contributed by atoms with van der Waals surface area (Å²) in [4.78, 5) is 46.7. The van der Waals surface area contributed by atoms with Crippen molar-refractivity contribution in [2.45, 2.75) is 0 Å². The van der Waals surface area contributed by atoms with Crippen LogP contribution in [0.4, 0.5) is 4.39 Å². The number of pyridine rings is 1. The molecule has 31 heavy (non-hydrogen) atoms. The predicted molar refractivity (Wildman–Crippen MR) is 115 cm³/mol. The van der Waals surface area contributed by atoms with Crippen molar-refractivity contribution < 1.29 is 9.18 Å². The number of aromatic amines is 2. The molecule has 2 heterocycles. The van der Waals surface area contributed by atoms with Gasteiger partial charge in [-0.1, -0.05) is 24.3 Å². The first-order valence-electron chi connectivity index (χ1n) is 9.37. The van der Waals surface area contributed by atoms with Crippen molar-refractivity contribution in [1.82, 2.24) is 15.0 Å². The van der Waals surface area contributed by atoms with Crippen molar-refractivity contribution in [2.75, 3.05) is 0 Å². The van der Waals surface area contributed by atoms with Crippen LogP contribution in [0.2, 0.25) is 0 Å². The molecule has 7 heteroatoms. The van der Waals surface area contributed by atoms with E-state index < -0.39 is 16.9 Å². The number of carbonyl (C=O) groups is 1. The molecule has 2 aromatic carbocycles. The molecule has 0 aliphatic carbocycles. The van der Waals surface area contributed by atoms with Crippen LogP contribution in [0.25, 0.3) is 12.2 Å². The Labute approximate surface area is 175 Å². The summed E-state index contributed by atoms with van der Waals surface area (Å²) in [5, 5.41) is 0.135. The third-order valence-corrected chi connectivity index (χ3v) is 4.53. The molecule has 152 valence electrons. The summed E-state index contributed by atoms with van der Waals surface area (Å²) >= 11 is 0. The molecule has 0 amide bonds. The zero-order valence-corrected chi connectivity index (χ0v) is 16.1. The fraction of sp³-hybridized carbons (Fsp3) is 0. The first-order valence-corrected chi connectivity index (χ1v) is 9.37. The number of carbonyl (C=O) groups excluding carboxylic acids is 1. The Morgan fingerprint density at radius 3 is 2.19 bits per heavy atom. The van der Waals surface area contributed by atoms with Crippen LogP contribution in [0, 0.1) is 5.82 Å². The minimum Gasteiger partial charge on any atom is -0.316 e. The van der Waals surface area contributed by atoms with Gasteiger partial charge in [0.1, 0.15) is 16.5 Å². The molecule has 0 aliphatic rings. The van der Waals surface area contributed by atoms with Gasteiger partial charge in [0.05, 0.1) is 5.69 Å². The molecule has 0 radical (unpaired) electrons. The molecule has 0 saturated carbocycles. The van der Waals surface area contributed by atoms with Gasteiger partial charge in [0.25, 0.3) is 11.1 Å². The highest BCUT2D eigenvalue weighted by Crippen LogP contribution is 2.13. The Balaban J connectivity index is 1.72. The maximum absolute atomic E-state index is 13.1. The highest BCUT2D eigenvalue weighted by atomic mass is 19.1. The van der Waals surface area contributed by atoms with Crippen molar-refractivity contribution in [1.29, 1.82) is 0 Å². The number of nitrogens with zero attached hydrogens (tertiary/aromatic N) is 1. The number of hydrogen-bond donors (Lipinski definition) is 2. The van der Waals surface area contributed by atoms with Crippen molar-refractivity contribution >= 4 is 17.9 Å². The van der Waals surface area contributed by atoms with Crippen LogP contribution in [-0.4, -0.2) is 20.7 Å². The normalized spacial score (nSPS) is 12.2. The number of rotatable bonds is 4. The summed E-state index contributed by atoms with van der Waals surface area (Å²) < 4.78 is 13.1. The average molecular weight is 413 g/mol. The Bertz CT molecular complexity index is 1490. The number of ketones is 1. The predicted octanol–water partition coefficient (Wildman–Crippen LogP) is 1.49. The highest BCUT2D eigenvalue weighted by molar-refractivity contribution is 6.09. The lowest BCUT2D eigenvalue weighted by molar-refractivity contribution is 0.103. The molecule has 0 spiro atoms. The topological polar surface area (TPSA) is 95.7 Å². The molecule has 0 fully saturated rings. The van der Waals surface area contributed by atoms with Crippen LogP contribution in [0.5, 0.6) is 0 Å². The van der Waals surface area contributed by atoms with Gasteiger partial charge >= 0.3 is 0 Å². The molecular formula is C24H16FN3O3. The average Bonchev–Trinajstić information content (AvgIpc) is 2.78. The number of nitrogens with one attached hydrogen (secondary N) is 2. The summed E-state index contributed by atoms with van der Waals surface area (Å²) in [6, 6.07) is 17.1. The quantitative estimate of drug-likeness (QED) is 0.496. The van der Waals surface area contributed by atoms with Crippen LogP contribution in [-0.2, 0) is 0 Å². The maximum atomic E-state index is 13.1. The van der Waals surface area contributed by atoms with Gasteiger partial charge in [-0.3, -0.25) is 19.4 Å². The molecule has 6 nitrogen and oxygen atoms in total. The number of H-pyrrole nitrogens is 2. The van der Waals surface area contributed by atoms with Crippen LogP contribution in [0.15, 0.2) is 82.5 Å². The van der Waals surface area contributed by atoms with Crippen molar-refractivity contribution in [3.8, 4) is 0 Å². The monoisotopic (exact) mass is 413 g/mol. The van der Waals surface area contributed by atoms with Gasteiger partial charge in [0.2, 0.25) is 0 Å². The van der Waals surface area contributed by atoms with Gasteiger partial charge in [0.15, 0.2) is 5.78 Å². The van der Waals surface area contributed by atoms with Gasteiger partial charge in [-0.25, -0.2) is 4.39 Å². The van der Waals surface area contributed by atoms with Crippen LogP contribution < -0.4 is 21.8 Å². The van der Waals surface area contributed by atoms with E-state index in [0.717, 1.165) is 0 Å². The van der Waals surface area contributed by atoms with Crippen molar-refractivity contribution in [3.05, 3.63) is 133 Å². The van der Waals surface area contributed by atoms with E-state index in [1.165, 1.54) is 36.4 Å². The van der Waals surface area contributed by atoms with E-state index in [1.54, 1.807) is 48.7 Å². The third-order valence-electron chi connectivity index (χ3n) is 4.53. The SMILES string of the molecule is O=C(c1ccc(F)cc1)c1cccc(/C=c2\[nH]c(=O)/c(=C/c3ccccn3)[nH]c2=O)c1. The summed E-state index contributed by atoms with van der Waals surface area (Å²) in [5.41, 5.74) is 0.841. The molecule has 0 bridgehead atoms. The second kappa shape index (κ2) is 8.54. The first-order chi connectivity index (χ1) is 15.0. The molecule has 2 aromatic heterocycles. The zero-order valence-electron chi connectivity index (χ0n) is 16.1. The molecule has 0 unspecified atom stereocenters. The summed E-state index contributed by atoms with van der Waals surface area (Å²) in [5.74, 6) is -0.705. The van der Waals surface area contributed by atoms with Gasteiger partial charge < -0.3 is 9.97 Å². The molecule has 0 aliphatic heterocycles. The lowest BCUT2D eigenvalue weighted by atomic mass is 10.0. The second-order valence-electron chi connectivity index (χ2n) is 6.74. The smallest absolute Gasteiger partial charge is 0.272 e. The van der Waals surface area contributed by atoms with E-state index >= 15 is 0 Å². The minimum atomic E-state index is -0.489. The Morgan fingerprint density at radius 1 is 0.806 bits per heavy atom. The number of hydrogen-bond acceptors (Lipinski definition) is 4. The fourth-order valence-electron chi connectivity index (χ4n) is 3.01. The Kier molecular flexibility index (Phi) is 5.49. The number of halogens is 1. The third kappa shape index (κ3) is 4.62. The fourth-order valence-corrected chi connectivity index (χ4v) is 3.01. The van der Waals surface area contributed by atoms with Gasteiger partial charge in [-0.05, 0) is 60.2 Å². The standard InChI is InChI=1S/C24H16FN3O3/c25-18-9-7-16(8-10-18)22(29)17-5-3-4-15(12-17)13-20-23(30)28-21(24(31)27-20)14-19-6-1-2-11-26-19/h1-14H,(H,27,31)(H,28,30)/b20-13-,21-14-. The largest absolute Gasteiger partial charge is 0.316 e. The van der Waals surface area contributed by atoms with E-state index in [4.69, 9.17) is 0 Å². The summed E-state index contributed by atoms with van der Waals surface area (Å²) in [7, 11) is 0. The maximum Gasteiger partial charge on any atom is 0.272 e. The summed E-state index contributed by atoms with van der Waals surface area (Å²) in [6.45, 7) is 0. The number of benzene rings is 2. The molecule has 4 aromatic rings. The van der Waals surface area contributed by atoms with Crippen molar-refractivity contribution in [2.24, 2.45) is 0 Å². The molecular weight excluding hydrogens is 397 g/mol. The van der Waals surface area contributed by atoms with E-state index in [9.17, 15) is 18.8 Å². The number of aromatic nitrogens is 3. The summed E-state index contributed by atoms with van der Waals surface area (Å²) in [6.07, 6.45) is 4.54. The van der Waals surface area contributed by atoms with E-state index in [1.807, 2.05) is 0 Å². The van der Waals surface area contributed by atoms with Gasteiger partial charge in [-0.15, -0.1) is 0 Å². The first kappa shape index (κ1) is 19.9. The molecule has 2 N–H and O–H groups in total. The van der Waals surface area contributed by atoms with Crippen molar-refractivity contribution in [3.63, 3.8) is 0 Å². The van der Waals surface area contributed by atoms with E-state index in [-0.39, 0.29) is 16.5 Å². The molecule has 0 saturated heterocycles. The Morgan fingerprint density at radius 2 is 1.52 bits per heavy atom. The second-order valence-corrected chi connectivity index (χ2v) is 6.74. The van der Waals surface area contributed by atoms with Gasteiger partial charge in [0, 0.05) is 17.3 Å². The zero-order chi connectivity index (χ0) is 21.8. The highest BCUT2D eigenvalue weighted by Gasteiger charge is 2.09. The van der Waals surface area contributed by atoms with Crippen LogP contribution in [0.3, 0.4) is 0 Å². The van der Waals surface area contributed by atoms with E-state index in [0.29, 0.717) is 22.4 Å². The lowest BCUT2D eigenvalue weighted by Gasteiger charge is -2.02.